The van der Waals surface area contributed by atoms with Crippen LogP contribution in [0.1, 0.15) is 30.6 Å². The lowest BCUT2D eigenvalue weighted by Gasteiger charge is -2.30. The SMILES string of the molecule is CO[C@H]1CN(C)C(=O)c2cc(NC(=O)CC(F)(F)F)ccc2OC[C@@H](C)NC[C@@H]1C. The van der Waals surface area contributed by atoms with Gasteiger partial charge in [-0.15, -0.1) is 0 Å². The van der Waals surface area contributed by atoms with Gasteiger partial charge < -0.3 is 25.0 Å². The molecular weight excluding hydrogens is 403 g/mol. The number of carbonyl (C=O) groups excluding carboxylic acids is 2. The van der Waals surface area contributed by atoms with Crippen LogP contribution in [0, 0.1) is 5.92 Å². The zero-order valence-corrected chi connectivity index (χ0v) is 17.5. The van der Waals surface area contributed by atoms with Gasteiger partial charge in [0.2, 0.25) is 5.91 Å². The third kappa shape index (κ3) is 6.88. The second-order valence-corrected chi connectivity index (χ2v) is 7.61. The molecule has 0 spiro atoms. The maximum Gasteiger partial charge on any atom is 0.397 e. The van der Waals surface area contributed by atoms with Crippen molar-refractivity contribution in [2.75, 3.05) is 39.2 Å². The molecule has 7 nitrogen and oxygen atoms in total. The lowest BCUT2D eigenvalue weighted by atomic mass is 10.0. The van der Waals surface area contributed by atoms with Gasteiger partial charge in [0.1, 0.15) is 18.8 Å². The van der Waals surface area contributed by atoms with Crippen molar-refractivity contribution in [1.29, 1.82) is 0 Å². The third-order valence-corrected chi connectivity index (χ3v) is 4.87. The average Bonchev–Trinajstić information content (AvgIpc) is 2.66. The summed E-state index contributed by atoms with van der Waals surface area (Å²) in [5, 5.41) is 5.54. The van der Waals surface area contributed by atoms with Crippen molar-refractivity contribution < 1.29 is 32.2 Å². The first kappa shape index (κ1) is 23.9. The lowest BCUT2D eigenvalue weighted by molar-refractivity contribution is -0.150. The third-order valence-electron chi connectivity index (χ3n) is 4.87. The maximum absolute atomic E-state index is 13.1. The monoisotopic (exact) mass is 431 g/mol. The normalized spacial score (nSPS) is 23.6. The minimum absolute atomic E-state index is 0.00349. The van der Waals surface area contributed by atoms with Crippen molar-refractivity contribution >= 4 is 17.5 Å². The van der Waals surface area contributed by atoms with Crippen LogP contribution >= 0.6 is 0 Å². The molecule has 1 aliphatic heterocycles. The van der Waals surface area contributed by atoms with Gasteiger partial charge in [-0.25, -0.2) is 0 Å². The smallest absolute Gasteiger partial charge is 0.397 e. The molecule has 0 aliphatic carbocycles. The van der Waals surface area contributed by atoms with Gasteiger partial charge in [-0.05, 0) is 31.0 Å². The second kappa shape index (κ2) is 10.1. The van der Waals surface area contributed by atoms with Crippen LogP contribution in [0.3, 0.4) is 0 Å². The summed E-state index contributed by atoms with van der Waals surface area (Å²) >= 11 is 0. The van der Waals surface area contributed by atoms with Crippen LogP contribution in [0.25, 0.3) is 0 Å². The van der Waals surface area contributed by atoms with Crippen LogP contribution in [-0.4, -0.2) is 68.9 Å². The molecule has 0 saturated heterocycles. The number of methoxy groups -OCH3 is 1. The predicted molar refractivity (Wildman–Crippen MR) is 106 cm³/mol. The van der Waals surface area contributed by atoms with Gasteiger partial charge >= 0.3 is 6.18 Å². The van der Waals surface area contributed by atoms with E-state index < -0.39 is 18.5 Å². The molecule has 30 heavy (non-hydrogen) atoms. The number of halogens is 3. The van der Waals surface area contributed by atoms with Gasteiger partial charge in [0, 0.05) is 39.0 Å². The van der Waals surface area contributed by atoms with E-state index in [9.17, 15) is 22.8 Å². The molecule has 1 heterocycles. The number of hydrogen-bond donors (Lipinski definition) is 2. The van der Waals surface area contributed by atoms with E-state index in [0.29, 0.717) is 13.1 Å². The highest BCUT2D eigenvalue weighted by molar-refractivity contribution is 5.99. The molecule has 0 fully saturated rings. The topological polar surface area (TPSA) is 79.9 Å². The number of anilines is 1. The molecule has 168 valence electrons. The quantitative estimate of drug-likeness (QED) is 0.769. The predicted octanol–water partition coefficient (Wildman–Crippen LogP) is 2.67. The molecule has 0 saturated carbocycles. The van der Waals surface area contributed by atoms with Crippen LogP contribution in [-0.2, 0) is 9.53 Å². The Bertz CT molecular complexity index is 757. The number of benzene rings is 1. The zero-order valence-electron chi connectivity index (χ0n) is 17.5. The summed E-state index contributed by atoms with van der Waals surface area (Å²) in [6.45, 7) is 5.24. The number of fused-ring (bicyclic) bond motifs is 1. The van der Waals surface area contributed by atoms with Gasteiger partial charge in [-0.2, -0.15) is 13.2 Å². The van der Waals surface area contributed by atoms with E-state index in [1.807, 2.05) is 13.8 Å². The lowest BCUT2D eigenvalue weighted by Crippen LogP contribution is -2.44. The Morgan fingerprint density at radius 2 is 2.07 bits per heavy atom. The highest BCUT2D eigenvalue weighted by atomic mass is 19.4. The van der Waals surface area contributed by atoms with E-state index in [0.717, 1.165) is 0 Å². The Morgan fingerprint density at radius 3 is 2.70 bits per heavy atom. The number of hydrogen-bond acceptors (Lipinski definition) is 5. The van der Waals surface area contributed by atoms with E-state index >= 15 is 0 Å². The van der Waals surface area contributed by atoms with Gasteiger partial charge in [0.05, 0.1) is 11.7 Å². The summed E-state index contributed by atoms with van der Waals surface area (Å²) in [4.78, 5) is 26.1. The Labute approximate surface area is 173 Å². The van der Waals surface area contributed by atoms with Crippen molar-refractivity contribution in [2.45, 2.75) is 38.6 Å². The fraction of sp³-hybridized carbons (Fsp3) is 0.600. The first-order chi connectivity index (χ1) is 14.0. The molecule has 0 aromatic heterocycles. The molecule has 3 atom stereocenters. The van der Waals surface area contributed by atoms with E-state index in [4.69, 9.17) is 9.47 Å². The van der Waals surface area contributed by atoms with Gasteiger partial charge in [-0.1, -0.05) is 6.92 Å². The fourth-order valence-electron chi connectivity index (χ4n) is 3.13. The maximum atomic E-state index is 13.1. The summed E-state index contributed by atoms with van der Waals surface area (Å²) in [6.07, 6.45) is -6.43. The average molecular weight is 431 g/mol. The number of alkyl halides is 3. The first-order valence-electron chi connectivity index (χ1n) is 9.65. The Balaban J connectivity index is 2.31. The Hall–Kier alpha value is -2.33. The molecule has 0 radical (unpaired) electrons. The number of likely N-dealkylation sites (N-methyl/N-ethyl adjacent to an activating group) is 1. The standard InChI is InChI=1S/C20H28F3N3O4/c1-12-9-24-13(2)11-30-16-6-5-14(25-18(27)8-20(21,22)23)7-15(16)19(28)26(3)10-17(12)29-4/h5-7,12-13,17,24H,8-11H2,1-4H3,(H,25,27)/t12-,13+,17-/m0/s1. The molecule has 2 N–H and O–H groups in total. The van der Waals surface area contributed by atoms with Crippen LogP contribution < -0.4 is 15.4 Å². The summed E-state index contributed by atoms with van der Waals surface area (Å²) < 4.78 is 48.6. The second-order valence-electron chi connectivity index (χ2n) is 7.61. The largest absolute Gasteiger partial charge is 0.491 e. The zero-order chi connectivity index (χ0) is 22.5. The number of amides is 2. The highest BCUT2D eigenvalue weighted by Gasteiger charge is 2.31. The Kier molecular flexibility index (Phi) is 8.08. The number of rotatable bonds is 3. The molecular formula is C20H28F3N3O4. The number of ether oxygens (including phenoxy) is 2. The summed E-state index contributed by atoms with van der Waals surface area (Å²) in [6, 6.07) is 4.21. The van der Waals surface area contributed by atoms with Gasteiger partial charge in [0.25, 0.3) is 5.91 Å². The van der Waals surface area contributed by atoms with Crippen LogP contribution in [0.2, 0.25) is 0 Å². The summed E-state index contributed by atoms with van der Waals surface area (Å²) in [5.74, 6) is -1.17. The fourth-order valence-corrected chi connectivity index (χ4v) is 3.13. The molecule has 1 aromatic rings. The van der Waals surface area contributed by atoms with Crippen molar-refractivity contribution in [1.82, 2.24) is 10.2 Å². The summed E-state index contributed by atoms with van der Waals surface area (Å²) in [5.41, 5.74) is 0.237. The molecule has 0 unspecified atom stereocenters. The Morgan fingerprint density at radius 1 is 1.37 bits per heavy atom. The van der Waals surface area contributed by atoms with Crippen molar-refractivity contribution in [3.63, 3.8) is 0 Å². The van der Waals surface area contributed by atoms with E-state index in [1.165, 1.54) is 23.1 Å². The van der Waals surface area contributed by atoms with Crippen molar-refractivity contribution in [2.24, 2.45) is 5.92 Å². The van der Waals surface area contributed by atoms with Gasteiger partial charge in [0.15, 0.2) is 0 Å². The summed E-state index contributed by atoms with van der Waals surface area (Å²) in [7, 11) is 3.20. The van der Waals surface area contributed by atoms with Crippen molar-refractivity contribution in [3.05, 3.63) is 23.8 Å². The molecule has 1 aromatic carbocycles. The number of nitrogens with one attached hydrogen (secondary N) is 2. The minimum Gasteiger partial charge on any atom is -0.491 e. The van der Waals surface area contributed by atoms with E-state index in [1.54, 1.807) is 14.2 Å². The van der Waals surface area contributed by atoms with Crippen LogP contribution in [0.15, 0.2) is 18.2 Å². The molecule has 2 amide bonds. The first-order valence-corrected chi connectivity index (χ1v) is 9.65. The molecule has 2 rings (SSSR count). The van der Waals surface area contributed by atoms with Crippen LogP contribution in [0.5, 0.6) is 5.75 Å². The van der Waals surface area contributed by atoms with E-state index in [2.05, 4.69) is 10.6 Å². The van der Waals surface area contributed by atoms with Gasteiger partial charge in [-0.3, -0.25) is 9.59 Å². The number of nitrogens with zero attached hydrogens (tertiary/aromatic N) is 1. The molecule has 1 aliphatic rings. The van der Waals surface area contributed by atoms with Crippen molar-refractivity contribution in [3.8, 4) is 5.75 Å². The molecule has 0 bridgehead atoms. The van der Waals surface area contributed by atoms with E-state index in [-0.39, 0.29) is 47.6 Å². The van der Waals surface area contributed by atoms with Crippen LogP contribution in [0.4, 0.5) is 18.9 Å². The molecule has 10 heteroatoms. The number of carbonyl (C=O) groups is 2. The highest BCUT2D eigenvalue weighted by Crippen LogP contribution is 2.27. The minimum atomic E-state index is -4.62.